The summed E-state index contributed by atoms with van der Waals surface area (Å²) in [5.41, 5.74) is 12.9. The van der Waals surface area contributed by atoms with E-state index in [9.17, 15) is 4.79 Å². The van der Waals surface area contributed by atoms with Crippen molar-refractivity contribution in [3.8, 4) is 0 Å². The van der Waals surface area contributed by atoms with Crippen molar-refractivity contribution >= 4 is 5.91 Å². The minimum atomic E-state index is -0.312. The fourth-order valence-corrected chi connectivity index (χ4v) is 2.26. The smallest absolute Gasteiger partial charge is 0.272 e. The van der Waals surface area contributed by atoms with Gasteiger partial charge < -0.3 is 16.8 Å². The predicted octanol–water partition coefficient (Wildman–Crippen LogP) is 1.61. The Hall–Kier alpha value is -1.71. The largest absolute Gasteiger partial charge is 0.394 e. The van der Waals surface area contributed by atoms with Crippen molar-refractivity contribution in [1.29, 1.82) is 0 Å². The second-order valence-electron chi connectivity index (χ2n) is 5.00. The minimum Gasteiger partial charge on any atom is -0.394 e. The van der Waals surface area contributed by atoms with Gasteiger partial charge in [-0.05, 0) is 35.8 Å². The first-order valence-electron chi connectivity index (χ1n) is 6.27. The minimum absolute atomic E-state index is 0.191. The van der Waals surface area contributed by atoms with Crippen molar-refractivity contribution < 1.29 is 4.79 Å². The van der Waals surface area contributed by atoms with Crippen LogP contribution in [-0.2, 0) is 4.79 Å². The van der Waals surface area contributed by atoms with Crippen molar-refractivity contribution in [2.75, 3.05) is 0 Å². The lowest BCUT2D eigenvalue weighted by Gasteiger charge is -2.28. The lowest BCUT2D eigenvalue weighted by atomic mass is 9.79. The summed E-state index contributed by atoms with van der Waals surface area (Å²) >= 11 is 0. The Morgan fingerprint density at radius 1 is 1.50 bits per heavy atom. The highest BCUT2D eigenvalue weighted by Crippen LogP contribution is 2.31. The summed E-state index contributed by atoms with van der Waals surface area (Å²) in [4.78, 5) is 11.9. The van der Waals surface area contributed by atoms with Gasteiger partial charge in [0.2, 0.25) is 0 Å². The standard InChI is InChI=1S/C14H23N3O/c1-5-8(2)10(4)12-9(3)6-7-11(15)17-14(18)13(12)16/h5,7-10H,1,6,15-16H2,2-4H3,(H,17,18)/b11-7+,13-12-. The number of carbonyl (C=O) groups is 1. The van der Waals surface area contributed by atoms with Crippen LogP contribution in [0.5, 0.6) is 0 Å². The van der Waals surface area contributed by atoms with Gasteiger partial charge in [0.25, 0.3) is 5.91 Å². The molecule has 1 heterocycles. The van der Waals surface area contributed by atoms with E-state index in [1.165, 1.54) is 0 Å². The highest BCUT2D eigenvalue weighted by atomic mass is 16.2. The summed E-state index contributed by atoms with van der Waals surface area (Å²) in [5.74, 6) is 0.726. The van der Waals surface area contributed by atoms with Gasteiger partial charge in [-0.3, -0.25) is 4.79 Å². The number of hydrogen-bond acceptors (Lipinski definition) is 3. The number of nitrogens with one attached hydrogen (secondary N) is 1. The van der Waals surface area contributed by atoms with Gasteiger partial charge in [0.15, 0.2) is 0 Å². The number of carbonyl (C=O) groups excluding carboxylic acids is 1. The molecule has 0 bridgehead atoms. The molecule has 3 atom stereocenters. The number of nitrogens with two attached hydrogens (primary N) is 2. The van der Waals surface area contributed by atoms with E-state index in [2.05, 4.69) is 32.7 Å². The third kappa shape index (κ3) is 2.94. The third-order valence-electron chi connectivity index (χ3n) is 3.69. The van der Waals surface area contributed by atoms with Crippen molar-refractivity contribution in [1.82, 2.24) is 5.32 Å². The molecule has 0 radical (unpaired) electrons. The first kappa shape index (κ1) is 14.4. The number of rotatable bonds is 3. The first-order valence-corrected chi connectivity index (χ1v) is 6.27. The van der Waals surface area contributed by atoms with Crippen LogP contribution in [-0.4, -0.2) is 5.91 Å². The molecule has 1 amide bonds. The van der Waals surface area contributed by atoms with E-state index in [0.717, 1.165) is 12.0 Å². The Balaban J connectivity index is 3.15. The molecule has 3 unspecified atom stereocenters. The zero-order chi connectivity index (χ0) is 13.9. The van der Waals surface area contributed by atoms with Crippen LogP contribution in [0.25, 0.3) is 0 Å². The van der Waals surface area contributed by atoms with E-state index in [4.69, 9.17) is 11.5 Å². The molecule has 1 rings (SSSR count). The summed E-state index contributed by atoms with van der Waals surface area (Å²) in [6.45, 7) is 10.0. The normalized spacial score (nSPS) is 31.4. The Bertz CT molecular complexity index is 409. The van der Waals surface area contributed by atoms with Crippen LogP contribution in [0.2, 0.25) is 0 Å². The fraction of sp³-hybridized carbons (Fsp3) is 0.500. The topological polar surface area (TPSA) is 81.1 Å². The van der Waals surface area contributed by atoms with Gasteiger partial charge in [-0.2, -0.15) is 0 Å². The molecule has 4 heteroatoms. The molecule has 0 saturated carbocycles. The van der Waals surface area contributed by atoms with Crippen molar-refractivity contribution in [2.45, 2.75) is 27.2 Å². The second-order valence-corrected chi connectivity index (χ2v) is 5.00. The van der Waals surface area contributed by atoms with Gasteiger partial charge in [0, 0.05) is 0 Å². The molecule has 18 heavy (non-hydrogen) atoms. The maximum Gasteiger partial charge on any atom is 0.272 e. The maximum atomic E-state index is 11.9. The highest BCUT2D eigenvalue weighted by molar-refractivity contribution is 5.94. The Morgan fingerprint density at radius 2 is 2.11 bits per heavy atom. The van der Waals surface area contributed by atoms with Crippen LogP contribution in [0.3, 0.4) is 0 Å². The molecule has 0 spiro atoms. The van der Waals surface area contributed by atoms with Crippen molar-refractivity contribution in [3.63, 3.8) is 0 Å². The molecule has 0 saturated heterocycles. The molecule has 0 aromatic carbocycles. The molecule has 1 aliphatic heterocycles. The van der Waals surface area contributed by atoms with Crippen LogP contribution in [0, 0.1) is 17.8 Å². The van der Waals surface area contributed by atoms with E-state index < -0.39 is 0 Å². The SMILES string of the molecule is C=CC(C)C(C)/C1=C(\N)C(=O)N/C(N)=C/CC1C. The van der Waals surface area contributed by atoms with Crippen LogP contribution in [0.4, 0.5) is 0 Å². The average Bonchev–Trinajstić information content (AvgIpc) is 2.34. The molecule has 5 N–H and O–H groups in total. The molecule has 0 aliphatic carbocycles. The van der Waals surface area contributed by atoms with Gasteiger partial charge in [0.05, 0.1) is 11.5 Å². The van der Waals surface area contributed by atoms with Gasteiger partial charge in [-0.15, -0.1) is 6.58 Å². The molecule has 0 fully saturated rings. The predicted molar refractivity (Wildman–Crippen MR) is 73.9 cm³/mol. The maximum absolute atomic E-state index is 11.9. The second kappa shape index (κ2) is 5.76. The molecule has 0 aromatic heterocycles. The zero-order valence-corrected chi connectivity index (χ0v) is 11.4. The molecular weight excluding hydrogens is 226 g/mol. The lowest BCUT2D eigenvalue weighted by Crippen LogP contribution is -2.36. The summed E-state index contributed by atoms with van der Waals surface area (Å²) < 4.78 is 0. The number of amides is 1. The Labute approximate surface area is 109 Å². The van der Waals surface area contributed by atoms with Crippen LogP contribution in [0.15, 0.2) is 35.8 Å². The van der Waals surface area contributed by atoms with E-state index in [-0.39, 0.29) is 23.7 Å². The lowest BCUT2D eigenvalue weighted by molar-refractivity contribution is -0.117. The van der Waals surface area contributed by atoms with Crippen LogP contribution < -0.4 is 16.8 Å². The van der Waals surface area contributed by atoms with E-state index in [1.807, 2.05) is 12.2 Å². The molecule has 100 valence electrons. The fourth-order valence-electron chi connectivity index (χ4n) is 2.26. The first-order chi connectivity index (χ1) is 8.38. The van der Waals surface area contributed by atoms with Crippen molar-refractivity contribution in [2.24, 2.45) is 29.2 Å². The van der Waals surface area contributed by atoms with Crippen molar-refractivity contribution in [3.05, 3.63) is 35.8 Å². The molecule has 1 aliphatic rings. The number of hydrogen-bond donors (Lipinski definition) is 3. The Kier molecular flexibility index (Phi) is 4.59. The van der Waals surface area contributed by atoms with Gasteiger partial charge >= 0.3 is 0 Å². The van der Waals surface area contributed by atoms with E-state index in [1.54, 1.807) is 0 Å². The quantitative estimate of drug-likeness (QED) is 0.665. The third-order valence-corrected chi connectivity index (χ3v) is 3.69. The van der Waals surface area contributed by atoms with Gasteiger partial charge in [-0.25, -0.2) is 0 Å². The summed E-state index contributed by atoms with van der Waals surface area (Å²) in [5, 5.41) is 2.59. The number of allylic oxidation sites excluding steroid dienone is 3. The van der Waals surface area contributed by atoms with Gasteiger partial charge in [-0.1, -0.05) is 26.8 Å². The van der Waals surface area contributed by atoms with E-state index >= 15 is 0 Å². The van der Waals surface area contributed by atoms with Gasteiger partial charge in [0.1, 0.15) is 0 Å². The summed E-state index contributed by atoms with van der Waals surface area (Å²) in [6.07, 6.45) is 4.50. The molecular formula is C14H23N3O. The molecule has 0 aromatic rings. The van der Waals surface area contributed by atoms with Crippen LogP contribution in [0.1, 0.15) is 27.2 Å². The monoisotopic (exact) mass is 249 g/mol. The highest BCUT2D eigenvalue weighted by Gasteiger charge is 2.26. The van der Waals surface area contributed by atoms with E-state index in [0.29, 0.717) is 11.5 Å². The average molecular weight is 249 g/mol. The Morgan fingerprint density at radius 3 is 2.67 bits per heavy atom. The summed E-state index contributed by atoms with van der Waals surface area (Å²) in [7, 11) is 0. The molecule has 4 nitrogen and oxygen atoms in total. The zero-order valence-electron chi connectivity index (χ0n) is 11.4. The summed E-state index contributed by atoms with van der Waals surface area (Å²) in [6, 6.07) is 0. The van der Waals surface area contributed by atoms with Crippen LogP contribution >= 0.6 is 0 Å².